The van der Waals surface area contributed by atoms with Crippen molar-refractivity contribution in [2.24, 2.45) is 0 Å². The number of aryl methyl sites for hydroxylation is 2. The monoisotopic (exact) mass is 252 g/mol. The first-order valence-corrected chi connectivity index (χ1v) is 5.95. The molecule has 5 nitrogen and oxygen atoms in total. The molecule has 0 aliphatic carbocycles. The van der Waals surface area contributed by atoms with Gasteiger partial charge in [0.05, 0.1) is 13.2 Å². The van der Waals surface area contributed by atoms with Gasteiger partial charge in [-0.1, -0.05) is 6.07 Å². The van der Waals surface area contributed by atoms with Gasteiger partial charge >= 0.3 is 6.03 Å². The van der Waals surface area contributed by atoms with Crippen LogP contribution in [0.25, 0.3) is 0 Å². The topological polar surface area (TPSA) is 70.6 Å². The molecule has 0 spiro atoms. The molecule has 0 fully saturated rings. The average Bonchev–Trinajstić information content (AvgIpc) is 2.31. The van der Waals surface area contributed by atoms with Gasteiger partial charge in [-0.15, -0.1) is 0 Å². The Morgan fingerprint density at radius 2 is 1.78 bits per heavy atom. The number of nitrogens with one attached hydrogen (secondary N) is 2. The van der Waals surface area contributed by atoms with Crippen LogP contribution in [0.5, 0.6) is 5.75 Å². The van der Waals surface area contributed by atoms with Crippen molar-refractivity contribution < 1.29 is 14.6 Å². The summed E-state index contributed by atoms with van der Waals surface area (Å²) < 4.78 is 5.53. The van der Waals surface area contributed by atoms with Crippen LogP contribution < -0.4 is 15.4 Å². The summed E-state index contributed by atoms with van der Waals surface area (Å²) >= 11 is 0. The van der Waals surface area contributed by atoms with E-state index in [-0.39, 0.29) is 19.2 Å². The minimum absolute atomic E-state index is 0.0630. The molecule has 0 heterocycles. The summed E-state index contributed by atoms with van der Waals surface area (Å²) in [4.78, 5) is 11.1. The van der Waals surface area contributed by atoms with Crippen LogP contribution in [0, 0.1) is 13.8 Å². The third kappa shape index (κ3) is 5.54. The van der Waals surface area contributed by atoms with E-state index in [4.69, 9.17) is 9.84 Å². The zero-order valence-electron chi connectivity index (χ0n) is 10.8. The second kappa shape index (κ2) is 7.55. The SMILES string of the molecule is Cc1cc(C)cc(OCCNC(=O)NCCO)c1. The Labute approximate surface area is 107 Å². The molecular weight excluding hydrogens is 232 g/mol. The molecule has 18 heavy (non-hydrogen) atoms. The van der Waals surface area contributed by atoms with Crippen LogP contribution in [0.15, 0.2) is 18.2 Å². The van der Waals surface area contributed by atoms with Gasteiger partial charge in [-0.05, 0) is 37.1 Å². The lowest BCUT2D eigenvalue weighted by Gasteiger charge is -2.09. The third-order valence-corrected chi connectivity index (χ3v) is 2.25. The van der Waals surface area contributed by atoms with Gasteiger partial charge in [-0.2, -0.15) is 0 Å². The Hall–Kier alpha value is -1.75. The molecule has 0 aromatic heterocycles. The van der Waals surface area contributed by atoms with E-state index in [9.17, 15) is 4.79 Å². The summed E-state index contributed by atoms with van der Waals surface area (Å²) in [6.45, 7) is 5.05. The van der Waals surface area contributed by atoms with E-state index in [0.29, 0.717) is 13.2 Å². The lowest BCUT2D eigenvalue weighted by molar-refractivity contribution is 0.230. The number of carbonyl (C=O) groups excluding carboxylic acids is 1. The zero-order chi connectivity index (χ0) is 13.4. The minimum Gasteiger partial charge on any atom is -0.492 e. The van der Waals surface area contributed by atoms with Crippen molar-refractivity contribution >= 4 is 6.03 Å². The predicted octanol–water partition coefficient (Wildman–Crippen LogP) is 0.974. The summed E-state index contributed by atoms with van der Waals surface area (Å²) in [5.41, 5.74) is 2.30. The van der Waals surface area contributed by atoms with Gasteiger partial charge < -0.3 is 20.5 Å². The van der Waals surface area contributed by atoms with E-state index in [1.807, 2.05) is 26.0 Å². The Morgan fingerprint density at radius 1 is 1.17 bits per heavy atom. The Morgan fingerprint density at radius 3 is 2.39 bits per heavy atom. The molecule has 0 saturated carbocycles. The number of rotatable bonds is 6. The maximum absolute atomic E-state index is 11.1. The molecule has 0 bridgehead atoms. The quantitative estimate of drug-likeness (QED) is 0.661. The highest BCUT2D eigenvalue weighted by Gasteiger charge is 1.99. The van der Waals surface area contributed by atoms with E-state index < -0.39 is 0 Å². The van der Waals surface area contributed by atoms with Gasteiger partial charge in [0, 0.05) is 6.54 Å². The smallest absolute Gasteiger partial charge is 0.314 e. The van der Waals surface area contributed by atoms with Gasteiger partial charge in [-0.3, -0.25) is 0 Å². The van der Waals surface area contributed by atoms with E-state index in [1.54, 1.807) is 0 Å². The highest BCUT2D eigenvalue weighted by molar-refractivity contribution is 5.73. The molecule has 100 valence electrons. The number of aliphatic hydroxyl groups is 1. The molecule has 0 radical (unpaired) electrons. The van der Waals surface area contributed by atoms with Crippen LogP contribution in [0.2, 0.25) is 0 Å². The van der Waals surface area contributed by atoms with Crippen molar-refractivity contribution in [2.45, 2.75) is 13.8 Å². The summed E-state index contributed by atoms with van der Waals surface area (Å²) in [6, 6.07) is 5.69. The summed E-state index contributed by atoms with van der Waals surface area (Å²) in [7, 11) is 0. The molecule has 0 aliphatic heterocycles. The molecule has 1 rings (SSSR count). The minimum atomic E-state index is -0.298. The number of urea groups is 1. The van der Waals surface area contributed by atoms with E-state index in [0.717, 1.165) is 16.9 Å². The molecular formula is C13H20N2O3. The fourth-order valence-electron chi connectivity index (χ4n) is 1.58. The molecule has 1 aromatic rings. The standard InChI is InChI=1S/C13H20N2O3/c1-10-7-11(2)9-12(8-10)18-6-4-15-13(17)14-3-5-16/h7-9,16H,3-6H2,1-2H3,(H2,14,15,17). The van der Waals surface area contributed by atoms with Gasteiger partial charge in [0.25, 0.3) is 0 Å². The van der Waals surface area contributed by atoms with Crippen molar-refractivity contribution in [1.82, 2.24) is 10.6 Å². The fraction of sp³-hybridized carbons (Fsp3) is 0.462. The van der Waals surface area contributed by atoms with E-state index >= 15 is 0 Å². The van der Waals surface area contributed by atoms with Crippen LogP contribution in [-0.2, 0) is 0 Å². The Kier molecular flexibility index (Phi) is 6.00. The third-order valence-electron chi connectivity index (χ3n) is 2.25. The summed E-state index contributed by atoms with van der Waals surface area (Å²) in [5.74, 6) is 0.810. The van der Waals surface area contributed by atoms with Crippen molar-refractivity contribution in [3.8, 4) is 5.75 Å². The van der Waals surface area contributed by atoms with Gasteiger partial charge in [-0.25, -0.2) is 4.79 Å². The zero-order valence-corrected chi connectivity index (χ0v) is 10.8. The number of hydrogen-bond donors (Lipinski definition) is 3. The Bertz CT molecular complexity index is 374. The van der Waals surface area contributed by atoms with Crippen molar-refractivity contribution in [3.05, 3.63) is 29.3 Å². The lowest BCUT2D eigenvalue weighted by Crippen LogP contribution is -2.38. The fourth-order valence-corrected chi connectivity index (χ4v) is 1.58. The maximum atomic E-state index is 11.1. The first kappa shape index (κ1) is 14.3. The van der Waals surface area contributed by atoms with Gasteiger partial charge in [0.15, 0.2) is 0 Å². The highest BCUT2D eigenvalue weighted by Crippen LogP contribution is 2.15. The molecule has 0 saturated heterocycles. The first-order chi connectivity index (χ1) is 8.61. The van der Waals surface area contributed by atoms with Crippen molar-refractivity contribution in [2.75, 3.05) is 26.3 Å². The normalized spacial score (nSPS) is 9.94. The van der Waals surface area contributed by atoms with Crippen molar-refractivity contribution in [3.63, 3.8) is 0 Å². The number of benzene rings is 1. The van der Waals surface area contributed by atoms with Crippen molar-refractivity contribution in [1.29, 1.82) is 0 Å². The molecule has 1 aromatic carbocycles. The van der Waals surface area contributed by atoms with Crippen LogP contribution in [0.3, 0.4) is 0 Å². The molecule has 5 heteroatoms. The number of hydrogen-bond acceptors (Lipinski definition) is 3. The van der Waals surface area contributed by atoms with E-state index in [2.05, 4.69) is 16.7 Å². The second-order valence-corrected chi connectivity index (χ2v) is 4.08. The number of amides is 2. The maximum Gasteiger partial charge on any atom is 0.314 e. The molecule has 0 atom stereocenters. The van der Waals surface area contributed by atoms with Crippen LogP contribution in [0.4, 0.5) is 4.79 Å². The largest absolute Gasteiger partial charge is 0.492 e. The second-order valence-electron chi connectivity index (χ2n) is 4.08. The molecule has 0 aliphatic rings. The molecule has 3 N–H and O–H groups in total. The number of carbonyl (C=O) groups is 1. The first-order valence-electron chi connectivity index (χ1n) is 5.95. The summed E-state index contributed by atoms with van der Waals surface area (Å²) in [5, 5.41) is 13.6. The van der Waals surface area contributed by atoms with Gasteiger partial charge in [0.2, 0.25) is 0 Å². The average molecular weight is 252 g/mol. The van der Waals surface area contributed by atoms with Crippen LogP contribution >= 0.6 is 0 Å². The van der Waals surface area contributed by atoms with Gasteiger partial charge in [0.1, 0.15) is 12.4 Å². The van der Waals surface area contributed by atoms with Crippen LogP contribution in [0.1, 0.15) is 11.1 Å². The molecule has 0 unspecified atom stereocenters. The number of aliphatic hydroxyl groups excluding tert-OH is 1. The summed E-state index contributed by atoms with van der Waals surface area (Å²) in [6.07, 6.45) is 0. The molecule has 2 amide bonds. The predicted molar refractivity (Wildman–Crippen MR) is 69.9 cm³/mol. The van der Waals surface area contributed by atoms with Crippen LogP contribution in [-0.4, -0.2) is 37.4 Å². The number of ether oxygens (including phenoxy) is 1. The highest BCUT2D eigenvalue weighted by atomic mass is 16.5. The Balaban J connectivity index is 2.23. The van der Waals surface area contributed by atoms with E-state index in [1.165, 1.54) is 0 Å². The lowest BCUT2D eigenvalue weighted by atomic mass is 10.1.